The Morgan fingerprint density at radius 3 is 2.56 bits per heavy atom. The van der Waals surface area contributed by atoms with E-state index in [1.165, 1.54) is 12.7 Å². The summed E-state index contributed by atoms with van der Waals surface area (Å²) in [5, 5.41) is 0. The first-order valence-corrected chi connectivity index (χ1v) is 5.61. The van der Waals surface area contributed by atoms with Crippen LogP contribution in [0.2, 0.25) is 0 Å². The van der Waals surface area contributed by atoms with Crippen LogP contribution in [0.4, 0.5) is 5.69 Å². The number of ether oxygens (including phenoxy) is 1. The number of hydrogen-bond acceptors (Lipinski definition) is 3. The summed E-state index contributed by atoms with van der Waals surface area (Å²) in [4.78, 5) is 11.2. The van der Waals surface area contributed by atoms with Gasteiger partial charge in [0.2, 0.25) is 0 Å². The number of anilines is 1. The Kier molecular flexibility index (Phi) is 3.13. The van der Waals surface area contributed by atoms with Crippen molar-refractivity contribution in [2.45, 2.75) is 19.3 Å². The molecule has 2 N–H and O–H groups in total. The molecular formula is C13H17NO2. The van der Waals surface area contributed by atoms with Gasteiger partial charge in [-0.3, -0.25) is 4.79 Å². The molecule has 1 fully saturated rings. The molecule has 0 amide bonds. The van der Waals surface area contributed by atoms with Crippen LogP contribution in [0.25, 0.3) is 0 Å². The van der Waals surface area contributed by atoms with Gasteiger partial charge in [0.15, 0.2) is 0 Å². The van der Waals surface area contributed by atoms with Gasteiger partial charge in [-0.05, 0) is 42.9 Å². The molecular weight excluding hydrogens is 202 g/mol. The van der Waals surface area contributed by atoms with E-state index in [1.807, 2.05) is 12.1 Å². The second-order valence-corrected chi connectivity index (χ2v) is 4.50. The van der Waals surface area contributed by atoms with Crippen molar-refractivity contribution < 1.29 is 9.53 Å². The molecule has 0 aromatic heterocycles. The number of rotatable bonds is 3. The van der Waals surface area contributed by atoms with E-state index in [9.17, 15) is 4.79 Å². The van der Waals surface area contributed by atoms with E-state index in [4.69, 9.17) is 10.5 Å². The van der Waals surface area contributed by atoms with Crippen LogP contribution in [0.1, 0.15) is 18.4 Å². The van der Waals surface area contributed by atoms with E-state index in [-0.39, 0.29) is 11.9 Å². The molecule has 0 spiro atoms. The Labute approximate surface area is 95.6 Å². The van der Waals surface area contributed by atoms with Crippen molar-refractivity contribution in [3.05, 3.63) is 29.8 Å². The first kappa shape index (κ1) is 11.0. The standard InChI is InChI=1S/C13H17NO2/c1-16-13(15)11-7-10(8-11)6-9-2-4-12(14)5-3-9/h2-5,10-11H,6-8,14H2,1H3. The highest BCUT2D eigenvalue weighted by Crippen LogP contribution is 2.36. The van der Waals surface area contributed by atoms with Crippen molar-refractivity contribution in [2.24, 2.45) is 11.8 Å². The van der Waals surface area contributed by atoms with Gasteiger partial charge in [-0.15, -0.1) is 0 Å². The fraction of sp³-hybridized carbons (Fsp3) is 0.462. The smallest absolute Gasteiger partial charge is 0.308 e. The number of carbonyl (C=O) groups is 1. The van der Waals surface area contributed by atoms with Gasteiger partial charge in [-0.1, -0.05) is 12.1 Å². The predicted molar refractivity (Wildman–Crippen MR) is 62.8 cm³/mol. The van der Waals surface area contributed by atoms with Gasteiger partial charge in [0.05, 0.1) is 13.0 Å². The topological polar surface area (TPSA) is 52.3 Å². The van der Waals surface area contributed by atoms with Crippen molar-refractivity contribution in [1.82, 2.24) is 0 Å². The molecule has 16 heavy (non-hydrogen) atoms. The minimum absolute atomic E-state index is 0.0615. The van der Waals surface area contributed by atoms with Gasteiger partial charge in [0, 0.05) is 5.69 Å². The van der Waals surface area contributed by atoms with Crippen molar-refractivity contribution in [3.63, 3.8) is 0 Å². The third-order valence-electron chi connectivity index (χ3n) is 3.27. The lowest BCUT2D eigenvalue weighted by Gasteiger charge is -2.33. The van der Waals surface area contributed by atoms with Gasteiger partial charge in [-0.2, -0.15) is 0 Å². The highest BCUT2D eigenvalue weighted by molar-refractivity contribution is 5.73. The van der Waals surface area contributed by atoms with Gasteiger partial charge in [0.1, 0.15) is 0 Å². The largest absolute Gasteiger partial charge is 0.469 e. The fourth-order valence-corrected chi connectivity index (χ4v) is 2.25. The summed E-state index contributed by atoms with van der Waals surface area (Å²) >= 11 is 0. The summed E-state index contributed by atoms with van der Waals surface area (Å²) in [5.74, 6) is 0.685. The van der Waals surface area contributed by atoms with Gasteiger partial charge >= 0.3 is 5.97 Å². The van der Waals surface area contributed by atoms with Crippen LogP contribution in [0.5, 0.6) is 0 Å². The van der Waals surface area contributed by atoms with Crippen molar-refractivity contribution in [2.75, 3.05) is 12.8 Å². The lowest BCUT2D eigenvalue weighted by atomic mass is 9.72. The predicted octanol–water partition coefficient (Wildman–Crippen LogP) is 2.01. The van der Waals surface area contributed by atoms with Crippen LogP contribution in [0.3, 0.4) is 0 Å². The van der Waals surface area contributed by atoms with E-state index < -0.39 is 0 Å². The second kappa shape index (κ2) is 4.56. The van der Waals surface area contributed by atoms with Gasteiger partial charge in [-0.25, -0.2) is 0 Å². The molecule has 1 aromatic rings. The number of carbonyl (C=O) groups excluding carboxylic acids is 1. The summed E-state index contributed by atoms with van der Waals surface area (Å²) in [6.07, 6.45) is 2.95. The van der Waals surface area contributed by atoms with Crippen LogP contribution >= 0.6 is 0 Å². The minimum atomic E-state index is -0.0615. The maximum atomic E-state index is 11.2. The molecule has 0 unspecified atom stereocenters. The molecule has 0 saturated heterocycles. The number of esters is 1. The molecule has 86 valence electrons. The third kappa shape index (κ3) is 2.35. The Hall–Kier alpha value is -1.51. The van der Waals surface area contributed by atoms with Crippen molar-refractivity contribution in [3.8, 4) is 0 Å². The SMILES string of the molecule is COC(=O)C1CC(Cc2ccc(N)cc2)C1. The molecule has 0 aliphatic heterocycles. The zero-order valence-electron chi connectivity index (χ0n) is 9.48. The van der Waals surface area contributed by atoms with Crippen LogP contribution in [-0.2, 0) is 16.0 Å². The van der Waals surface area contributed by atoms with Crippen LogP contribution in [0.15, 0.2) is 24.3 Å². The summed E-state index contributed by atoms with van der Waals surface area (Å²) < 4.78 is 4.71. The normalized spacial score (nSPS) is 23.6. The molecule has 0 atom stereocenters. The van der Waals surface area contributed by atoms with Crippen LogP contribution < -0.4 is 5.73 Å². The Balaban J connectivity index is 1.81. The highest BCUT2D eigenvalue weighted by atomic mass is 16.5. The number of hydrogen-bond donors (Lipinski definition) is 1. The van der Waals surface area contributed by atoms with Crippen LogP contribution in [0, 0.1) is 11.8 Å². The summed E-state index contributed by atoms with van der Waals surface area (Å²) in [7, 11) is 1.45. The van der Waals surface area contributed by atoms with Crippen molar-refractivity contribution >= 4 is 11.7 Å². The molecule has 2 rings (SSSR count). The zero-order valence-corrected chi connectivity index (χ0v) is 9.48. The summed E-state index contributed by atoms with van der Waals surface area (Å²) in [5.41, 5.74) is 7.71. The first-order chi connectivity index (χ1) is 7.69. The van der Waals surface area contributed by atoms with Gasteiger partial charge in [0.25, 0.3) is 0 Å². The van der Waals surface area contributed by atoms with Crippen molar-refractivity contribution in [1.29, 1.82) is 0 Å². The maximum absolute atomic E-state index is 11.2. The van der Waals surface area contributed by atoms with Gasteiger partial charge < -0.3 is 10.5 Å². The zero-order chi connectivity index (χ0) is 11.5. The van der Waals surface area contributed by atoms with E-state index in [1.54, 1.807) is 0 Å². The van der Waals surface area contributed by atoms with E-state index in [0.29, 0.717) is 5.92 Å². The molecule has 1 saturated carbocycles. The summed E-state index contributed by atoms with van der Waals surface area (Å²) in [6, 6.07) is 7.96. The number of nitrogen functional groups attached to an aromatic ring is 1. The number of nitrogens with two attached hydrogens (primary N) is 1. The molecule has 0 radical (unpaired) electrons. The second-order valence-electron chi connectivity index (χ2n) is 4.50. The Morgan fingerprint density at radius 2 is 2.00 bits per heavy atom. The average Bonchev–Trinajstić information content (AvgIpc) is 2.24. The summed E-state index contributed by atoms with van der Waals surface area (Å²) in [6.45, 7) is 0. The molecule has 1 aromatic carbocycles. The third-order valence-corrected chi connectivity index (χ3v) is 3.27. The first-order valence-electron chi connectivity index (χ1n) is 5.61. The Morgan fingerprint density at radius 1 is 1.38 bits per heavy atom. The van der Waals surface area contributed by atoms with E-state index in [2.05, 4.69) is 12.1 Å². The lowest BCUT2D eigenvalue weighted by molar-refractivity contribution is -0.150. The highest BCUT2D eigenvalue weighted by Gasteiger charge is 2.34. The number of methoxy groups -OCH3 is 1. The minimum Gasteiger partial charge on any atom is -0.469 e. The quantitative estimate of drug-likeness (QED) is 0.625. The van der Waals surface area contributed by atoms with E-state index in [0.717, 1.165) is 24.9 Å². The monoisotopic (exact) mass is 219 g/mol. The van der Waals surface area contributed by atoms with Crippen LogP contribution in [-0.4, -0.2) is 13.1 Å². The molecule has 1 aliphatic carbocycles. The lowest BCUT2D eigenvalue weighted by Crippen LogP contribution is -2.32. The Bertz CT molecular complexity index is 366. The van der Waals surface area contributed by atoms with E-state index >= 15 is 0 Å². The molecule has 3 heteroatoms. The molecule has 1 aliphatic rings. The number of benzene rings is 1. The maximum Gasteiger partial charge on any atom is 0.308 e. The molecule has 0 heterocycles. The fourth-order valence-electron chi connectivity index (χ4n) is 2.25. The average molecular weight is 219 g/mol. The molecule has 0 bridgehead atoms. The molecule has 3 nitrogen and oxygen atoms in total.